The van der Waals surface area contributed by atoms with Gasteiger partial charge in [0.1, 0.15) is 0 Å². The van der Waals surface area contributed by atoms with Crippen LogP contribution in [-0.4, -0.2) is 12.7 Å². The first-order chi connectivity index (χ1) is 5.65. The Morgan fingerprint density at radius 3 is 2.58 bits per heavy atom. The Kier molecular flexibility index (Phi) is 3.57. The lowest BCUT2D eigenvalue weighted by molar-refractivity contribution is -0.0737. The van der Waals surface area contributed by atoms with Crippen LogP contribution in [0.3, 0.4) is 0 Å². The molecule has 0 amide bonds. The van der Waals surface area contributed by atoms with Gasteiger partial charge in [-0.1, -0.05) is 34.1 Å². The van der Waals surface area contributed by atoms with Gasteiger partial charge < -0.3 is 4.74 Å². The first-order valence-corrected chi connectivity index (χ1v) is 5.26. The van der Waals surface area contributed by atoms with Gasteiger partial charge in [0.2, 0.25) is 0 Å². The molecule has 1 heteroatoms. The van der Waals surface area contributed by atoms with Gasteiger partial charge in [0.15, 0.2) is 0 Å². The van der Waals surface area contributed by atoms with Gasteiger partial charge >= 0.3 is 0 Å². The molecule has 0 spiro atoms. The van der Waals surface area contributed by atoms with E-state index in [1.165, 1.54) is 12.8 Å². The van der Waals surface area contributed by atoms with E-state index in [1.54, 1.807) is 0 Å². The standard InChI is InChI=1S/C11H22O/c1-5-9(3)11-10(4)6-8(2)7-12-11/h8-11H,5-7H2,1-4H3. The Bertz CT molecular complexity index is 133. The zero-order valence-electron chi connectivity index (χ0n) is 8.84. The van der Waals surface area contributed by atoms with Crippen LogP contribution in [0.25, 0.3) is 0 Å². The summed E-state index contributed by atoms with van der Waals surface area (Å²) in [5.74, 6) is 2.25. The van der Waals surface area contributed by atoms with E-state index in [2.05, 4.69) is 27.7 Å². The molecule has 1 aliphatic heterocycles. The molecule has 72 valence electrons. The van der Waals surface area contributed by atoms with Crippen LogP contribution < -0.4 is 0 Å². The Morgan fingerprint density at radius 2 is 2.08 bits per heavy atom. The van der Waals surface area contributed by atoms with Crippen LogP contribution >= 0.6 is 0 Å². The van der Waals surface area contributed by atoms with Crippen molar-refractivity contribution in [1.29, 1.82) is 0 Å². The summed E-state index contributed by atoms with van der Waals surface area (Å²) in [5, 5.41) is 0. The van der Waals surface area contributed by atoms with E-state index < -0.39 is 0 Å². The van der Waals surface area contributed by atoms with Crippen molar-refractivity contribution in [2.75, 3.05) is 6.61 Å². The Labute approximate surface area is 76.5 Å². The molecule has 0 N–H and O–H groups in total. The molecular weight excluding hydrogens is 148 g/mol. The summed E-state index contributed by atoms with van der Waals surface area (Å²) < 4.78 is 5.86. The maximum Gasteiger partial charge on any atom is 0.0626 e. The minimum absolute atomic E-state index is 0.520. The lowest BCUT2D eigenvalue weighted by atomic mass is 9.83. The third-order valence-corrected chi connectivity index (χ3v) is 3.11. The second kappa shape index (κ2) is 4.27. The summed E-state index contributed by atoms with van der Waals surface area (Å²) in [6.45, 7) is 10.1. The predicted molar refractivity (Wildman–Crippen MR) is 52.1 cm³/mol. The lowest BCUT2D eigenvalue weighted by Crippen LogP contribution is -2.36. The zero-order chi connectivity index (χ0) is 9.14. The number of hydrogen-bond donors (Lipinski definition) is 0. The van der Waals surface area contributed by atoms with E-state index in [-0.39, 0.29) is 0 Å². The highest BCUT2D eigenvalue weighted by Gasteiger charge is 2.29. The van der Waals surface area contributed by atoms with E-state index in [9.17, 15) is 0 Å². The Balaban J connectivity index is 2.44. The van der Waals surface area contributed by atoms with Crippen LogP contribution in [0.5, 0.6) is 0 Å². The van der Waals surface area contributed by atoms with Crippen molar-refractivity contribution in [3.63, 3.8) is 0 Å². The normalized spacial score (nSPS) is 39.5. The minimum atomic E-state index is 0.520. The van der Waals surface area contributed by atoms with E-state index in [0.717, 1.165) is 24.4 Å². The van der Waals surface area contributed by atoms with Crippen LogP contribution in [-0.2, 0) is 4.74 Å². The van der Waals surface area contributed by atoms with Gasteiger partial charge in [0.25, 0.3) is 0 Å². The average Bonchev–Trinajstić information content (AvgIpc) is 2.03. The molecule has 0 radical (unpaired) electrons. The molecule has 4 unspecified atom stereocenters. The fourth-order valence-electron chi connectivity index (χ4n) is 2.23. The van der Waals surface area contributed by atoms with Crippen LogP contribution in [0.2, 0.25) is 0 Å². The van der Waals surface area contributed by atoms with Crippen LogP contribution in [0.4, 0.5) is 0 Å². The third kappa shape index (κ3) is 2.22. The highest BCUT2D eigenvalue weighted by atomic mass is 16.5. The molecule has 1 rings (SSSR count). The average molecular weight is 170 g/mol. The van der Waals surface area contributed by atoms with Crippen LogP contribution in [0.15, 0.2) is 0 Å². The van der Waals surface area contributed by atoms with Crippen LogP contribution in [0.1, 0.15) is 40.5 Å². The van der Waals surface area contributed by atoms with Crippen molar-refractivity contribution < 1.29 is 4.74 Å². The molecule has 0 aromatic heterocycles. The SMILES string of the molecule is CCC(C)C1OCC(C)CC1C. The van der Waals surface area contributed by atoms with E-state index >= 15 is 0 Å². The van der Waals surface area contributed by atoms with Crippen molar-refractivity contribution in [3.8, 4) is 0 Å². The van der Waals surface area contributed by atoms with E-state index in [0.29, 0.717) is 6.10 Å². The molecule has 0 aliphatic carbocycles. The molecule has 1 saturated heterocycles. The smallest absolute Gasteiger partial charge is 0.0626 e. The highest BCUT2D eigenvalue weighted by molar-refractivity contribution is 4.77. The fourth-order valence-corrected chi connectivity index (χ4v) is 2.23. The second-order valence-electron chi connectivity index (χ2n) is 4.50. The predicted octanol–water partition coefficient (Wildman–Crippen LogP) is 3.09. The Hall–Kier alpha value is -0.0400. The molecule has 12 heavy (non-hydrogen) atoms. The third-order valence-electron chi connectivity index (χ3n) is 3.11. The maximum absolute atomic E-state index is 5.86. The van der Waals surface area contributed by atoms with Crippen molar-refractivity contribution in [3.05, 3.63) is 0 Å². The summed E-state index contributed by atoms with van der Waals surface area (Å²) in [4.78, 5) is 0. The van der Waals surface area contributed by atoms with Crippen molar-refractivity contribution in [1.82, 2.24) is 0 Å². The molecule has 0 aromatic carbocycles. The van der Waals surface area contributed by atoms with Gasteiger partial charge in [-0.25, -0.2) is 0 Å². The van der Waals surface area contributed by atoms with Gasteiger partial charge in [-0.2, -0.15) is 0 Å². The molecule has 1 nitrogen and oxygen atoms in total. The van der Waals surface area contributed by atoms with Crippen LogP contribution in [0, 0.1) is 17.8 Å². The first-order valence-electron chi connectivity index (χ1n) is 5.26. The van der Waals surface area contributed by atoms with Gasteiger partial charge in [-0.05, 0) is 24.2 Å². The summed E-state index contributed by atoms with van der Waals surface area (Å²) in [6, 6.07) is 0. The van der Waals surface area contributed by atoms with Gasteiger partial charge in [0.05, 0.1) is 6.10 Å². The molecule has 1 heterocycles. The number of ether oxygens (including phenoxy) is 1. The second-order valence-corrected chi connectivity index (χ2v) is 4.50. The zero-order valence-corrected chi connectivity index (χ0v) is 8.84. The van der Waals surface area contributed by atoms with Crippen molar-refractivity contribution >= 4 is 0 Å². The summed E-state index contributed by atoms with van der Waals surface area (Å²) in [6.07, 6.45) is 3.10. The lowest BCUT2D eigenvalue weighted by Gasteiger charge is -2.36. The van der Waals surface area contributed by atoms with Gasteiger partial charge in [-0.15, -0.1) is 0 Å². The molecule has 0 aromatic rings. The quantitative estimate of drug-likeness (QED) is 0.619. The molecular formula is C11H22O. The summed E-state index contributed by atoms with van der Waals surface area (Å²) >= 11 is 0. The topological polar surface area (TPSA) is 9.23 Å². The molecule has 1 fully saturated rings. The Morgan fingerprint density at radius 1 is 1.42 bits per heavy atom. The van der Waals surface area contributed by atoms with E-state index in [1.807, 2.05) is 0 Å². The maximum atomic E-state index is 5.86. The molecule has 0 bridgehead atoms. The molecule has 4 atom stereocenters. The minimum Gasteiger partial charge on any atom is -0.377 e. The fraction of sp³-hybridized carbons (Fsp3) is 1.00. The van der Waals surface area contributed by atoms with Crippen molar-refractivity contribution in [2.45, 2.75) is 46.6 Å². The number of rotatable bonds is 2. The first kappa shape index (κ1) is 10.0. The number of hydrogen-bond acceptors (Lipinski definition) is 1. The van der Waals surface area contributed by atoms with E-state index in [4.69, 9.17) is 4.74 Å². The highest BCUT2D eigenvalue weighted by Crippen LogP contribution is 2.29. The summed E-state index contributed by atoms with van der Waals surface area (Å²) in [7, 11) is 0. The van der Waals surface area contributed by atoms with Crippen molar-refractivity contribution in [2.24, 2.45) is 17.8 Å². The van der Waals surface area contributed by atoms with Gasteiger partial charge in [-0.3, -0.25) is 0 Å². The molecule has 0 saturated carbocycles. The molecule has 1 aliphatic rings. The van der Waals surface area contributed by atoms with Gasteiger partial charge in [0, 0.05) is 6.61 Å². The summed E-state index contributed by atoms with van der Waals surface area (Å²) in [5.41, 5.74) is 0. The monoisotopic (exact) mass is 170 g/mol. The largest absolute Gasteiger partial charge is 0.377 e.